The molecule has 0 atom stereocenters. The Balaban J connectivity index is 1.88. The lowest BCUT2D eigenvalue weighted by molar-refractivity contribution is -0.130. The van der Waals surface area contributed by atoms with Crippen molar-refractivity contribution in [2.75, 3.05) is 19.8 Å². The summed E-state index contributed by atoms with van der Waals surface area (Å²) in [6.45, 7) is 9.29. The van der Waals surface area contributed by atoms with Gasteiger partial charge in [-0.2, -0.15) is 0 Å². The molecule has 1 aliphatic rings. The Kier molecular flexibility index (Phi) is 3.53. The number of rotatable bonds is 4. The van der Waals surface area contributed by atoms with Crippen LogP contribution in [0.4, 0.5) is 0 Å². The van der Waals surface area contributed by atoms with Crippen LogP contribution in [0, 0.1) is 5.41 Å². The molecule has 0 aromatic carbocycles. The molecule has 2 nitrogen and oxygen atoms in total. The van der Waals surface area contributed by atoms with Crippen molar-refractivity contribution in [2.45, 2.75) is 39.7 Å². The smallest absolute Gasteiger partial charge is 0.104 e. The number of ether oxygens (including phenoxy) is 2. The van der Waals surface area contributed by atoms with Crippen molar-refractivity contribution in [1.82, 2.24) is 0 Å². The van der Waals surface area contributed by atoms with E-state index in [0.29, 0.717) is 11.5 Å². The van der Waals surface area contributed by atoms with Crippen LogP contribution in [-0.2, 0) is 9.47 Å². The first-order chi connectivity index (χ1) is 5.58. The zero-order chi connectivity index (χ0) is 9.03. The summed E-state index contributed by atoms with van der Waals surface area (Å²) in [5.74, 6) is 0. The van der Waals surface area contributed by atoms with E-state index in [1.165, 1.54) is 12.8 Å². The van der Waals surface area contributed by atoms with Crippen LogP contribution in [0.5, 0.6) is 0 Å². The minimum atomic E-state index is 0.393. The molecule has 0 radical (unpaired) electrons. The van der Waals surface area contributed by atoms with Gasteiger partial charge in [-0.15, -0.1) is 0 Å². The Morgan fingerprint density at radius 3 is 2.42 bits per heavy atom. The number of hydrogen-bond donors (Lipinski definition) is 0. The van der Waals surface area contributed by atoms with E-state index in [4.69, 9.17) is 9.47 Å². The van der Waals surface area contributed by atoms with Gasteiger partial charge in [-0.25, -0.2) is 0 Å². The maximum Gasteiger partial charge on any atom is 0.104 e. The van der Waals surface area contributed by atoms with Crippen LogP contribution >= 0.6 is 0 Å². The molecule has 1 rings (SSSR count). The van der Waals surface area contributed by atoms with Crippen molar-refractivity contribution >= 4 is 0 Å². The van der Waals surface area contributed by atoms with E-state index >= 15 is 0 Å². The molecule has 2 heteroatoms. The minimum Gasteiger partial charge on any atom is -0.376 e. The summed E-state index contributed by atoms with van der Waals surface area (Å²) in [7, 11) is 0. The fraction of sp³-hybridized carbons (Fsp3) is 1.00. The summed E-state index contributed by atoms with van der Waals surface area (Å²) >= 11 is 0. The molecular formula is C10H20O2. The summed E-state index contributed by atoms with van der Waals surface area (Å²) < 4.78 is 10.6. The van der Waals surface area contributed by atoms with Gasteiger partial charge in [0.15, 0.2) is 0 Å². The molecule has 0 aromatic heterocycles. The van der Waals surface area contributed by atoms with Crippen molar-refractivity contribution in [2.24, 2.45) is 5.41 Å². The van der Waals surface area contributed by atoms with E-state index in [9.17, 15) is 0 Å². The predicted octanol–water partition coefficient (Wildman–Crippen LogP) is 2.23. The monoisotopic (exact) mass is 172 g/mol. The summed E-state index contributed by atoms with van der Waals surface area (Å²) in [5, 5.41) is 0. The maximum absolute atomic E-state index is 5.55. The second kappa shape index (κ2) is 4.24. The van der Waals surface area contributed by atoms with Crippen LogP contribution < -0.4 is 0 Å². The van der Waals surface area contributed by atoms with Crippen molar-refractivity contribution in [1.29, 1.82) is 0 Å². The Hall–Kier alpha value is -0.0800. The van der Waals surface area contributed by atoms with Crippen LogP contribution in [0.1, 0.15) is 33.6 Å². The first kappa shape index (κ1) is 10.0. The lowest BCUT2D eigenvalue weighted by atomic mass is 9.91. The van der Waals surface area contributed by atoms with E-state index < -0.39 is 0 Å². The quantitative estimate of drug-likeness (QED) is 0.605. The van der Waals surface area contributed by atoms with Crippen LogP contribution in [0.2, 0.25) is 0 Å². The van der Waals surface area contributed by atoms with Gasteiger partial charge in [0.2, 0.25) is 0 Å². The van der Waals surface area contributed by atoms with Gasteiger partial charge in [-0.05, 0) is 18.3 Å². The topological polar surface area (TPSA) is 18.5 Å². The molecule has 0 spiro atoms. The van der Waals surface area contributed by atoms with Crippen LogP contribution in [0.15, 0.2) is 0 Å². The average molecular weight is 172 g/mol. The van der Waals surface area contributed by atoms with Gasteiger partial charge in [-0.1, -0.05) is 20.8 Å². The second-order valence-electron chi connectivity index (χ2n) is 4.69. The third kappa shape index (κ3) is 4.07. The highest BCUT2D eigenvalue weighted by Gasteiger charge is 2.18. The molecule has 12 heavy (non-hydrogen) atoms. The highest BCUT2D eigenvalue weighted by molar-refractivity contribution is 4.65. The fourth-order valence-electron chi connectivity index (χ4n) is 1.16. The minimum absolute atomic E-state index is 0.393. The van der Waals surface area contributed by atoms with Gasteiger partial charge in [0.05, 0.1) is 13.2 Å². The standard InChI is InChI=1S/C10H20O2/c1-10(2,3)5-4-6-12-9-7-11-8-9/h9H,4-8H2,1-3H3. The predicted molar refractivity (Wildman–Crippen MR) is 49.2 cm³/mol. The van der Waals surface area contributed by atoms with Gasteiger partial charge < -0.3 is 9.47 Å². The van der Waals surface area contributed by atoms with Gasteiger partial charge in [0.1, 0.15) is 6.10 Å². The molecule has 1 aliphatic heterocycles. The average Bonchev–Trinajstić information content (AvgIpc) is 1.80. The summed E-state index contributed by atoms with van der Waals surface area (Å²) in [4.78, 5) is 0. The van der Waals surface area contributed by atoms with E-state index in [-0.39, 0.29) is 0 Å². The van der Waals surface area contributed by atoms with E-state index in [1.54, 1.807) is 0 Å². The molecule has 0 N–H and O–H groups in total. The Morgan fingerprint density at radius 2 is 2.00 bits per heavy atom. The van der Waals surface area contributed by atoms with Crippen LogP contribution in [0.3, 0.4) is 0 Å². The van der Waals surface area contributed by atoms with Gasteiger partial charge >= 0.3 is 0 Å². The highest BCUT2D eigenvalue weighted by atomic mass is 16.6. The molecule has 0 amide bonds. The molecule has 0 unspecified atom stereocenters. The largest absolute Gasteiger partial charge is 0.376 e. The van der Waals surface area contributed by atoms with Crippen LogP contribution in [-0.4, -0.2) is 25.9 Å². The molecule has 72 valence electrons. The first-order valence-corrected chi connectivity index (χ1v) is 4.77. The highest BCUT2D eigenvalue weighted by Crippen LogP contribution is 2.20. The Bertz CT molecular complexity index is 122. The second-order valence-corrected chi connectivity index (χ2v) is 4.69. The van der Waals surface area contributed by atoms with E-state index in [2.05, 4.69) is 20.8 Å². The summed E-state index contributed by atoms with van der Waals surface area (Å²) in [6.07, 6.45) is 2.80. The van der Waals surface area contributed by atoms with Crippen molar-refractivity contribution in [3.63, 3.8) is 0 Å². The zero-order valence-corrected chi connectivity index (χ0v) is 8.43. The molecule has 1 fully saturated rings. The van der Waals surface area contributed by atoms with E-state index in [1.807, 2.05) is 0 Å². The van der Waals surface area contributed by atoms with E-state index in [0.717, 1.165) is 19.8 Å². The van der Waals surface area contributed by atoms with Crippen molar-refractivity contribution < 1.29 is 9.47 Å². The van der Waals surface area contributed by atoms with Crippen LogP contribution in [0.25, 0.3) is 0 Å². The molecule has 0 bridgehead atoms. The van der Waals surface area contributed by atoms with Gasteiger partial charge in [0, 0.05) is 6.61 Å². The summed E-state index contributed by atoms with van der Waals surface area (Å²) in [6, 6.07) is 0. The van der Waals surface area contributed by atoms with Crippen molar-refractivity contribution in [3.05, 3.63) is 0 Å². The molecule has 0 aromatic rings. The molecular weight excluding hydrogens is 152 g/mol. The SMILES string of the molecule is CC(C)(C)CCCOC1COC1. The molecule has 0 saturated carbocycles. The lowest BCUT2D eigenvalue weighted by Crippen LogP contribution is -2.36. The third-order valence-electron chi connectivity index (χ3n) is 2.03. The zero-order valence-electron chi connectivity index (χ0n) is 8.43. The van der Waals surface area contributed by atoms with Crippen molar-refractivity contribution in [3.8, 4) is 0 Å². The Labute approximate surface area is 75.2 Å². The summed E-state index contributed by atoms with van der Waals surface area (Å²) in [5.41, 5.74) is 0.444. The third-order valence-corrected chi connectivity index (χ3v) is 2.03. The fourth-order valence-corrected chi connectivity index (χ4v) is 1.16. The first-order valence-electron chi connectivity index (χ1n) is 4.77. The number of hydrogen-bond acceptors (Lipinski definition) is 2. The van der Waals surface area contributed by atoms with Gasteiger partial charge in [-0.3, -0.25) is 0 Å². The molecule has 1 saturated heterocycles. The van der Waals surface area contributed by atoms with Gasteiger partial charge in [0.25, 0.3) is 0 Å². The lowest BCUT2D eigenvalue weighted by Gasteiger charge is -2.26. The molecule has 0 aliphatic carbocycles. The molecule has 1 heterocycles. The normalized spacial score (nSPS) is 19.2. The Morgan fingerprint density at radius 1 is 1.33 bits per heavy atom. The maximum atomic E-state index is 5.55.